The summed E-state index contributed by atoms with van der Waals surface area (Å²) in [6, 6.07) is 0. The highest BCUT2D eigenvalue weighted by Crippen LogP contribution is 2.44. The average Bonchev–Trinajstić information content (AvgIpc) is 2.42. The molecule has 0 saturated heterocycles. The molecule has 4 nitrogen and oxygen atoms in total. The van der Waals surface area contributed by atoms with Crippen LogP contribution in [0, 0.1) is 23.7 Å². The summed E-state index contributed by atoms with van der Waals surface area (Å²) in [4.78, 5) is 27.7. The average molecular weight is 248 g/mol. The summed E-state index contributed by atoms with van der Waals surface area (Å²) in [5.41, 5.74) is 0. The highest BCUT2D eigenvalue weighted by atomic mass is 16.1. The van der Waals surface area contributed by atoms with Crippen LogP contribution < -0.4 is 0 Å². The Labute approximate surface area is 108 Å². The number of isocyanates is 2. The van der Waals surface area contributed by atoms with Gasteiger partial charge in [0, 0.05) is 0 Å². The van der Waals surface area contributed by atoms with E-state index in [0.29, 0.717) is 24.9 Å². The fourth-order valence-corrected chi connectivity index (χ4v) is 3.75. The van der Waals surface area contributed by atoms with Gasteiger partial charge in [-0.1, -0.05) is 0 Å². The van der Waals surface area contributed by atoms with Crippen molar-refractivity contribution in [2.45, 2.75) is 38.5 Å². The molecule has 2 aliphatic carbocycles. The molecular formula is C14H20N2O2. The Bertz CT molecular complexity index is 334. The highest BCUT2D eigenvalue weighted by molar-refractivity contribution is 5.33. The van der Waals surface area contributed by atoms with Crippen LogP contribution in [0.3, 0.4) is 0 Å². The Morgan fingerprint density at radius 1 is 0.778 bits per heavy atom. The first-order chi connectivity index (χ1) is 8.83. The number of hydrogen-bond donors (Lipinski definition) is 0. The molecule has 2 saturated carbocycles. The number of hydrogen-bond acceptors (Lipinski definition) is 4. The zero-order chi connectivity index (χ0) is 12.8. The number of fused-ring (bicyclic) bond motifs is 1. The smallest absolute Gasteiger partial charge is 0.211 e. The fourth-order valence-electron chi connectivity index (χ4n) is 3.75. The molecular weight excluding hydrogens is 228 g/mol. The van der Waals surface area contributed by atoms with E-state index in [-0.39, 0.29) is 0 Å². The number of rotatable bonds is 4. The summed E-state index contributed by atoms with van der Waals surface area (Å²) < 4.78 is 0. The maximum absolute atomic E-state index is 10.1. The first-order valence-electron chi connectivity index (χ1n) is 6.90. The van der Waals surface area contributed by atoms with Crippen LogP contribution >= 0.6 is 0 Å². The first kappa shape index (κ1) is 13.2. The van der Waals surface area contributed by atoms with Gasteiger partial charge in [-0.25, -0.2) is 19.6 Å². The number of carbonyl (C=O) groups excluding carboxylic acids is 2. The molecule has 0 N–H and O–H groups in total. The summed E-state index contributed by atoms with van der Waals surface area (Å²) in [5.74, 6) is 2.75. The van der Waals surface area contributed by atoms with Crippen LogP contribution in [0.25, 0.3) is 0 Å². The van der Waals surface area contributed by atoms with E-state index < -0.39 is 0 Å². The van der Waals surface area contributed by atoms with Gasteiger partial charge in [-0.05, 0) is 62.2 Å². The Morgan fingerprint density at radius 3 is 1.61 bits per heavy atom. The predicted molar refractivity (Wildman–Crippen MR) is 67.6 cm³/mol. The molecule has 2 rings (SSSR count). The van der Waals surface area contributed by atoms with Gasteiger partial charge in [-0.3, -0.25) is 0 Å². The standard InChI is InChI=1S/C14H20N2O2/c17-9-15-7-11-1-3-13-6-12(8-16-10-18)2-4-14(13)5-11/h11-14H,1-8H2. The molecule has 4 unspecified atom stereocenters. The molecule has 4 heteroatoms. The highest BCUT2D eigenvalue weighted by Gasteiger charge is 2.35. The van der Waals surface area contributed by atoms with E-state index in [0.717, 1.165) is 11.8 Å². The van der Waals surface area contributed by atoms with Crippen molar-refractivity contribution in [1.82, 2.24) is 0 Å². The molecule has 2 aliphatic rings. The van der Waals surface area contributed by atoms with Crippen LogP contribution in [0.1, 0.15) is 38.5 Å². The Morgan fingerprint density at radius 2 is 1.22 bits per heavy atom. The zero-order valence-electron chi connectivity index (χ0n) is 10.7. The molecule has 2 fully saturated rings. The van der Waals surface area contributed by atoms with Gasteiger partial charge in [0.25, 0.3) is 0 Å². The summed E-state index contributed by atoms with van der Waals surface area (Å²) in [5, 5.41) is 0. The van der Waals surface area contributed by atoms with Crippen LogP contribution in [-0.4, -0.2) is 25.2 Å². The third-order valence-corrected chi connectivity index (χ3v) is 4.66. The number of nitrogens with zero attached hydrogens (tertiary/aromatic N) is 2. The third kappa shape index (κ3) is 3.38. The van der Waals surface area contributed by atoms with Gasteiger partial charge in [0.15, 0.2) is 0 Å². The van der Waals surface area contributed by atoms with E-state index >= 15 is 0 Å². The normalized spacial score (nSPS) is 34.9. The Balaban J connectivity index is 1.83. The van der Waals surface area contributed by atoms with Crippen molar-refractivity contribution in [2.75, 3.05) is 13.1 Å². The van der Waals surface area contributed by atoms with Gasteiger partial charge in [-0.2, -0.15) is 0 Å². The molecule has 0 bridgehead atoms. The van der Waals surface area contributed by atoms with Crippen molar-refractivity contribution >= 4 is 12.2 Å². The molecule has 0 spiro atoms. The second-order valence-electron chi connectivity index (χ2n) is 5.74. The topological polar surface area (TPSA) is 58.9 Å². The van der Waals surface area contributed by atoms with Crippen molar-refractivity contribution in [3.05, 3.63) is 0 Å². The van der Waals surface area contributed by atoms with Gasteiger partial charge in [0.2, 0.25) is 12.2 Å². The minimum atomic E-state index is 0.581. The van der Waals surface area contributed by atoms with Gasteiger partial charge in [0.1, 0.15) is 0 Å². The molecule has 0 amide bonds. The van der Waals surface area contributed by atoms with Crippen molar-refractivity contribution in [1.29, 1.82) is 0 Å². The molecule has 0 aliphatic heterocycles. The molecule has 0 aromatic heterocycles. The lowest BCUT2D eigenvalue weighted by Crippen LogP contribution is -2.32. The van der Waals surface area contributed by atoms with E-state index in [9.17, 15) is 9.59 Å². The van der Waals surface area contributed by atoms with Crippen molar-refractivity contribution < 1.29 is 9.59 Å². The van der Waals surface area contributed by atoms with Crippen molar-refractivity contribution in [3.63, 3.8) is 0 Å². The summed E-state index contributed by atoms with van der Waals surface area (Å²) in [7, 11) is 0. The molecule has 4 atom stereocenters. The molecule has 0 aromatic rings. The second kappa shape index (κ2) is 6.63. The van der Waals surface area contributed by atoms with Gasteiger partial charge in [-0.15, -0.1) is 0 Å². The lowest BCUT2D eigenvalue weighted by atomic mass is 9.65. The molecule has 98 valence electrons. The predicted octanol–water partition coefficient (Wildman–Crippen LogP) is 2.49. The first-order valence-corrected chi connectivity index (χ1v) is 6.90. The van der Waals surface area contributed by atoms with Gasteiger partial charge < -0.3 is 0 Å². The van der Waals surface area contributed by atoms with Crippen LogP contribution in [-0.2, 0) is 9.59 Å². The molecule has 18 heavy (non-hydrogen) atoms. The zero-order valence-corrected chi connectivity index (χ0v) is 10.7. The van der Waals surface area contributed by atoms with E-state index in [2.05, 4.69) is 9.98 Å². The maximum atomic E-state index is 10.1. The minimum absolute atomic E-state index is 0.581. The lowest BCUT2D eigenvalue weighted by Gasteiger charge is -2.41. The van der Waals surface area contributed by atoms with E-state index in [1.165, 1.54) is 38.5 Å². The lowest BCUT2D eigenvalue weighted by molar-refractivity contribution is 0.103. The largest absolute Gasteiger partial charge is 0.234 e. The van der Waals surface area contributed by atoms with Crippen molar-refractivity contribution in [2.24, 2.45) is 33.7 Å². The van der Waals surface area contributed by atoms with E-state index in [4.69, 9.17) is 0 Å². The Kier molecular flexibility index (Phi) is 4.86. The van der Waals surface area contributed by atoms with Crippen LogP contribution in [0.2, 0.25) is 0 Å². The SMILES string of the molecule is O=C=NCC1CCC2CC(CN=C=O)CCC2C1. The minimum Gasteiger partial charge on any atom is -0.211 e. The van der Waals surface area contributed by atoms with Gasteiger partial charge >= 0.3 is 0 Å². The monoisotopic (exact) mass is 248 g/mol. The summed E-state index contributed by atoms with van der Waals surface area (Å²) >= 11 is 0. The fraction of sp³-hybridized carbons (Fsp3) is 0.857. The Hall–Kier alpha value is -1.24. The summed E-state index contributed by atoms with van der Waals surface area (Å²) in [6.45, 7) is 1.32. The van der Waals surface area contributed by atoms with E-state index in [1.807, 2.05) is 0 Å². The number of aliphatic imine (C=N–C) groups is 2. The molecule has 0 aromatic carbocycles. The third-order valence-electron chi connectivity index (χ3n) is 4.66. The van der Waals surface area contributed by atoms with E-state index in [1.54, 1.807) is 12.2 Å². The molecule has 0 radical (unpaired) electrons. The van der Waals surface area contributed by atoms with Crippen molar-refractivity contribution in [3.8, 4) is 0 Å². The van der Waals surface area contributed by atoms with Gasteiger partial charge in [0.05, 0.1) is 13.1 Å². The second-order valence-corrected chi connectivity index (χ2v) is 5.74. The van der Waals surface area contributed by atoms with Crippen LogP contribution in [0.5, 0.6) is 0 Å². The van der Waals surface area contributed by atoms with Crippen LogP contribution in [0.15, 0.2) is 9.98 Å². The van der Waals surface area contributed by atoms with Crippen LogP contribution in [0.4, 0.5) is 0 Å². The summed E-state index contributed by atoms with van der Waals surface area (Å²) in [6.07, 6.45) is 10.5. The molecule has 0 heterocycles. The maximum Gasteiger partial charge on any atom is 0.234 e. The quantitative estimate of drug-likeness (QED) is 0.567.